The van der Waals surface area contributed by atoms with Crippen molar-refractivity contribution < 1.29 is 4.74 Å². The molecule has 0 radical (unpaired) electrons. The zero-order valence-electron chi connectivity index (χ0n) is 8.99. The fourth-order valence-corrected chi connectivity index (χ4v) is 2.04. The second-order valence-corrected chi connectivity index (χ2v) is 4.08. The van der Waals surface area contributed by atoms with Gasteiger partial charge in [-0.05, 0) is 37.3 Å². The summed E-state index contributed by atoms with van der Waals surface area (Å²) in [4.78, 5) is 0. The maximum absolute atomic E-state index is 5.99. The molecule has 1 aromatic rings. The molecule has 0 bridgehead atoms. The highest BCUT2D eigenvalue weighted by atomic mass is 16.5. The Balaban J connectivity index is 2.10. The molecule has 0 aromatic heterocycles. The highest BCUT2D eigenvalue weighted by Gasteiger charge is 2.23. The van der Waals surface area contributed by atoms with Gasteiger partial charge in [0.1, 0.15) is 0 Å². The van der Waals surface area contributed by atoms with Gasteiger partial charge in [-0.3, -0.25) is 0 Å². The second kappa shape index (κ2) is 4.14. The van der Waals surface area contributed by atoms with Crippen LogP contribution in [0, 0.1) is 0 Å². The topological polar surface area (TPSA) is 9.23 Å². The van der Waals surface area contributed by atoms with Crippen LogP contribution in [0.5, 0.6) is 0 Å². The standard InChI is InChI=1S/C13H18O/c1-3-10(2)14-13-9-8-11-6-4-5-7-12(11)13/h4-7,10,13H,3,8-9H2,1-2H3/t10-,13?/m1/s1. The lowest BCUT2D eigenvalue weighted by molar-refractivity contribution is -0.00389. The summed E-state index contributed by atoms with van der Waals surface area (Å²) in [5.41, 5.74) is 2.88. The van der Waals surface area contributed by atoms with E-state index in [9.17, 15) is 0 Å². The normalized spacial score (nSPS) is 22.0. The Hall–Kier alpha value is -0.820. The van der Waals surface area contributed by atoms with E-state index in [1.165, 1.54) is 17.5 Å². The molecule has 14 heavy (non-hydrogen) atoms. The molecule has 0 spiro atoms. The minimum atomic E-state index is 0.348. The average Bonchev–Trinajstić information content (AvgIpc) is 2.62. The molecule has 0 heterocycles. The lowest BCUT2D eigenvalue weighted by Crippen LogP contribution is -2.10. The maximum atomic E-state index is 5.99. The first-order valence-corrected chi connectivity index (χ1v) is 5.54. The molecule has 76 valence electrons. The third-order valence-electron chi connectivity index (χ3n) is 3.05. The number of hydrogen-bond acceptors (Lipinski definition) is 1. The van der Waals surface area contributed by atoms with Gasteiger partial charge in [0.05, 0.1) is 12.2 Å². The van der Waals surface area contributed by atoms with Crippen LogP contribution in [0.2, 0.25) is 0 Å². The Morgan fingerprint density at radius 3 is 3.00 bits per heavy atom. The van der Waals surface area contributed by atoms with Crippen LogP contribution in [0.25, 0.3) is 0 Å². The number of hydrogen-bond donors (Lipinski definition) is 0. The summed E-state index contributed by atoms with van der Waals surface area (Å²) in [6.07, 6.45) is 4.16. The van der Waals surface area contributed by atoms with Crippen molar-refractivity contribution in [2.75, 3.05) is 0 Å². The SMILES string of the molecule is CC[C@@H](C)OC1CCc2ccccc21. The van der Waals surface area contributed by atoms with Crippen molar-refractivity contribution in [3.05, 3.63) is 35.4 Å². The van der Waals surface area contributed by atoms with Crippen LogP contribution in [-0.4, -0.2) is 6.10 Å². The monoisotopic (exact) mass is 190 g/mol. The molecule has 2 atom stereocenters. The van der Waals surface area contributed by atoms with E-state index in [-0.39, 0.29) is 0 Å². The van der Waals surface area contributed by atoms with Crippen molar-refractivity contribution in [2.45, 2.75) is 45.3 Å². The summed E-state index contributed by atoms with van der Waals surface area (Å²) < 4.78 is 5.99. The number of benzene rings is 1. The predicted molar refractivity (Wildman–Crippen MR) is 58.3 cm³/mol. The van der Waals surface area contributed by atoms with E-state index in [0.29, 0.717) is 12.2 Å². The first-order chi connectivity index (χ1) is 6.81. The van der Waals surface area contributed by atoms with Crippen LogP contribution in [0.1, 0.15) is 43.9 Å². The lowest BCUT2D eigenvalue weighted by Gasteiger charge is -2.18. The van der Waals surface area contributed by atoms with Crippen molar-refractivity contribution in [2.24, 2.45) is 0 Å². The molecule has 2 rings (SSSR count). The molecule has 0 N–H and O–H groups in total. The zero-order chi connectivity index (χ0) is 9.97. The first-order valence-electron chi connectivity index (χ1n) is 5.54. The van der Waals surface area contributed by atoms with Gasteiger partial charge in [0, 0.05) is 0 Å². The highest BCUT2D eigenvalue weighted by Crippen LogP contribution is 2.34. The average molecular weight is 190 g/mol. The van der Waals surface area contributed by atoms with Gasteiger partial charge in [0.2, 0.25) is 0 Å². The Bertz CT molecular complexity index is 306. The van der Waals surface area contributed by atoms with Gasteiger partial charge in [-0.1, -0.05) is 31.2 Å². The number of aryl methyl sites for hydroxylation is 1. The van der Waals surface area contributed by atoms with Crippen LogP contribution in [0.4, 0.5) is 0 Å². The lowest BCUT2D eigenvalue weighted by atomic mass is 10.1. The van der Waals surface area contributed by atoms with Crippen molar-refractivity contribution in [1.82, 2.24) is 0 Å². The minimum Gasteiger partial charge on any atom is -0.371 e. The van der Waals surface area contributed by atoms with Gasteiger partial charge in [-0.15, -0.1) is 0 Å². The molecule has 1 nitrogen and oxygen atoms in total. The molecule has 1 heteroatoms. The second-order valence-electron chi connectivity index (χ2n) is 4.08. The molecule has 0 saturated heterocycles. The van der Waals surface area contributed by atoms with Crippen LogP contribution in [0.3, 0.4) is 0 Å². The molecule has 1 aliphatic carbocycles. The number of ether oxygens (including phenoxy) is 1. The molecule has 0 fully saturated rings. The molecule has 1 unspecified atom stereocenters. The summed E-state index contributed by atoms with van der Waals surface area (Å²) in [6, 6.07) is 8.65. The van der Waals surface area contributed by atoms with Gasteiger partial charge < -0.3 is 4.74 Å². The van der Waals surface area contributed by atoms with E-state index in [0.717, 1.165) is 12.8 Å². The van der Waals surface area contributed by atoms with Crippen LogP contribution in [-0.2, 0) is 11.2 Å². The van der Waals surface area contributed by atoms with E-state index in [1.54, 1.807) is 0 Å². The molecule has 0 saturated carbocycles. The molecular formula is C13H18O. The number of fused-ring (bicyclic) bond motifs is 1. The Morgan fingerprint density at radius 2 is 2.21 bits per heavy atom. The maximum Gasteiger partial charge on any atom is 0.0834 e. The quantitative estimate of drug-likeness (QED) is 0.709. The smallest absolute Gasteiger partial charge is 0.0834 e. The number of rotatable bonds is 3. The summed E-state index contributed by atoms with van der Waals surface area (Å²) in [6.45, 7) is 4.33. The summed E-state index contributed by atoms with van der Waals surface area (Å²) in [5, 5.41) is 0. The van der Waals surface area contributed by atoms with Crippen molar-refractivity contribution in [1.29, 1.82) is 0 Å². The van der Waals surface area contributed by atoms with Gasteiger partial charge >= 0.3 is 0 Å². The van der Waals surface area contributed by atoms with Gasteiger partial charge in [-0.25, -0.2) is 0 Å². The van der Waals surface area contributed by atoms with E-state index in [1.807, 2.05) is 0 Å². The predicted octanol–water partition coefficient (Wildman–Crippen LogP) is 3.49. The van der Waals surface area contributed by atoms with Crippen molar-refractivity contribution >= 4 is 0 Å². The Morgan fingerprint density at radius 1 is 1.43 bits per heavy atom. The van der Waals surface area contributed by atoms with Crippen molar-refractivity contribution in [3.8, 4) is 0 Å². The van der Waals surface area contributed by atoms with Crippen molar-refractivity contribution in [3.63, 3.8) is 0 Å². The van der Waals surface area contributed by atoms with Gasteiger partial charge in [-0.2, -0.15) is 0 Å². The van der Waals surface area contributed by atoms with E-state index in [4.69, 9.17) is 4.74 Å². The Labute approximate surface area is 86.1 Å². The molecule has 1 aliphatic rings. The molecule has 1 aromatic carbocycles. The summed E-state index contributed by atoms with van der Waals surface area (Å²) in [5.74, 6) is 0. The Kier molecular flexibility index (Phi) is 2.87. The van der Waals surface area contributed by atoms with Crippen LogP contribution < -0.4 is 0 Å². The highest BCUT2D eigenvalue weighted by molar-refractivity contribution is 5.33. The fraction of sp³-hybridized carbons (Fsp3) is 0.538. The third kappa shape index (κ3) is 1.83. The van der Waals surface area contributed by atoms with E-state index in [2.05, 4.69) is 38.1 Å². The largest absolute Gasteiger partial charge is 0.371 e. The van der Waals surface area contributed by atoms with E-state index < -0.39 is 0 Å². The molecule has 0 aliphatic heterocycles. The van der Waals surface area contributed by atoms with Gasteiger partial charge in [0.15, 0.2) is 0 Å². The third-order valence-corrected chi connectivity index (χ3v) is 3.05. The summed E-state index contributed by atoms with van der Waals surface area (Å²) in [7, 11) is 0. The fourth-order valence-electron chi connectivity index (χ4n) is 2.04. The van der Waals surface area contributed by atoms with E-state index >= 15 is 0 Å². The molecule has 0 amide bonds. The zero-order valence-corrected chi connectivity index (χ0v) is 8.99. The summed E-state index contributed by atoms with van der Waals surface area (Å²) >= 11 is 0. The van der Waals surface area contributed by atoms with Crippen LogP contribution >= 0.6 is 0 Å². The van der Waals surface area contributed by atoms with Crippen LogP contribution in [0.15, 0.2) is 24.3 Å². The van der Waals surface area contributed by atoms with Gasteiger partial charge in [0.25, 0.3) is 0 Å². The first kappa shape index (κ1) is 9.72. The molecular weight excluding hydrogens is 172 g/mol. The minimum absolute atomic E-state index is 0.348.